The molecule has 0 spiro atoms. The van der Waals surface area contributed by atoms with Gasteiger partial charge in [-0.15, -0.1) is 0 Å². The van der Waals surface area contributed by atoms with E-state index < -0.39 is 0 Å². The number of anilines is 1. The topological polar surface area (TPSA) is 73.5 Å². The van der Waals surface area contributed by atoms with Crippen molar-refractivity contribution in [1.82, 2.24) is 15.8 Å². The van der Waals surface area contributed by atoms with E-state index in [9.17, 15) is 14.0 Å². The minimum absolute atomic E-state index is 0.0454. The largest absolute Gasteiger partial charge is 0.342 e. The molecule has 0 bridgehead atoms. The van der Waals surface area contributed by atoms with Crippen molar-refractivity contribution < 1.29 is 14.0 Å². The number of benzene rings is 2. The summed E-state index contributed by atoms with van der Waals surface area (Å²) in [7, 11) is 1.81. The highest BCUT2D eigenvalue weighted by molar-refractivity contribution is 5.96. The van der Waals surface area contributed by atoms with Gasteiger partial charge in [0.25, 0.3) is 5.91 Å². The summed E-state index contributed by atoms with van der Waals surface area (Å²) in [4.78, 5) is 25.5. The van der Waals surface area contributed by atoms with Gasteiger partial charge in [0.15, 0.2) is 0 Å². The molecular weight excluding hydrogens is 395 g/mol. The van der Waals surface area contributed by atoms with Gasteiger partial charge in [0, 0.05) is 43.9 Å². The lowest BCUT2D eigenvalue weighted by Gasteiger charge is -2.18. The predicted octanol–water partition coefficient (Wildman–Crippen LogP) is 4.02. The van der Waals surface area contributed by atoms with E-state index in [-0.39, 0.29) is 23.7 Å². The number of unbranched alkanes of at least 4 members (excludes halogenated alkanes) is 2. The molecule has 1 aliphatic rings. The molecular formula is C24H31FN4O2. The number of nitrogens with zero attached hydrogens (tertiary/aromatic N) is 1. The molecule has 2 unspecified atom stereocenters. The van der Waals surface area contributed by atoms with Crippen LogP contribution in [0.4, 0.5) is 10.1 Å². The Morgan fingerprint density at radius 2 is 1.87 bits per heavy atom. The van der Waals surface area contributed by atoms with Gasteiger partial charge in [-0.25, -0.2) is 4.39 Å². The van der Waals surface area contributed by atoms with Gasteiger partial charge in [0.2, 0.25) is 5.91 Å². The molecule has 0 aliphatic carbocycles. The van der Waals surface area contributed by atoms with E-state index in [1.165, 1.54) is 19.1 Å². The van der Waals surface area contributed by atoms with Crippen molar-refractivity contribution in [3.63, 3.8) is 0 Å². The summed E-state index contributed by atoms with van der Waals surface area (Å²) in [6.45, 7) is 2.14. The first-order chi connectivity index (χ1) is 14.9. The van der Waals surface area contributed by atoms with Crippen molar-refractivity contribution in [2.45, 2.75) is 51.1 Å². The molecule has 7 heteroatoms. The highest BCUT2D eigenvalue weighted by atomic mass is 19.1. The van der Waals surface area contributed by atoms with Gasteiger partial charge in [0.1, 0.15) is 5.82 Å². The minimum atomic E-state index is -0.213. The number of carbonyl (C=O) groups excluding carboxylic acids is 2. The van der Waals surface area contributed by atoms with Gasteiger partial charge in [-0.05, 0) is 55.2 Å². The summed E-state index contributed by atoms with van der Waals surface area (Å²) in [5, 5.41) is 2.70. The molecule has 1 aliphatic heterocycles. The zero-order valence-corrected chi connectivity index (χ0v) is 18.2. The highest BCUT2D eigenvalue weighted by Crippen LogP contribution is 2.24. The van der Waals surface area contributed by atoms with Crippen molar-refractivity contribution in [3.05, 3.63) is 65.5 Å². The molecule has 31 heavy (non-hydrogen) atoms. The Morgan fingerprint density at radius 3 is 2.61 bits per heavy atom. The Balaban J connectivity index is 1.35. The summed E-state index contributed by atoms with van der Waals surface area (Å²) in [5.74, 6) is -0.417. The fourth-order valence-electron chi connectivity index (χ4n) is 3.90. The SMILES string of the molecule is CC(=O)Nc1cccc(C(=O)N(C)CCCCCC2CC(c3ccc(F)cc3)NN2)c1. The third kappa shape index (κ3) is 6.87. The third-order valence-electron chi connectivity index (χ3n) is 5.58. The Hall–Kier alpha value is -2.77. The quantitative estimate of drug-likeness (QED) is 0.530. The molecule has 0 saturated carbocycles. The first kappa shape index (κ1) is 22.9. The second-order valence-corrected chi connectivity index (χ2v) is 8.16. The average molecular weight is 427 g/mol. The van der Waals surface area contributed by atoms with Gasteiger partial charge >= 0.3 is 0 Å². The van der Waals surface area contributed by atoms with Gasteiger partial charge in [0.05, 0.1) is 0 Å². The number of halogens is 1. The maximum atomic E-state index is 13.1. The molecule has 3 rings (SSSR count). The van der Waals surface area contributed by atoms with Crippen LogP contribution < -0.4 is 16.2 Å². The zero-order chi connectivity index (χ0) is 22.2. The number of hydrazine groups is 1. The zero-order valence-electron chi connectivity index (χ0n) is 18.2. The van der Waals surface area contributed by atoms with Crippen molar-refractivity contribution in [2.75, 3.05) is 18.9 Å². The molecule has 166 valence electrons. The van der Waals surface area contributed by atoms with Crippen LogP contribution >= 0.6 is 0 Å². The van der Waals surface area contributed by atoms with Crippen molar-refractivity contribution >= 4 is 17.5 Å². The lowest BCUT2D eigenvalue weighted by molar-refractivity contribution is -0.114. The maximum Gasteiger partial charge on any atom is 0.253 e. The van der Waals surface area contributed by atoms with Gasteiger partial charge in [-0.1, -0.05) is 31.0 Å². The molecule has 2 aromatic carbocycles. The molecule has 3 N–H and O–H groups in total. The third-order valence-corrected chi connectivity index (χ3v) is 5.58. The number of carbonyl (C=O) groups is 2. The summed E-state index contributed by atoms with van der Waals surface area (Å²) >= 11 is 0. The standard InChI is InChI=1S/C24H31FN4O2/c1-17(30)26-21-9-6-7-19(15-21)24(31)29(2)14-5-3-4-8-22-16-23(28-27-22)18-10-12-20(25)13-11-18/h6-7,9-13,15,22-23,27-28H,3-5,8,14,16H2,1-2H3,(H,26,30). The van der Waals surface area contributed by atoms with E-state index in [2.05, 4.69) is 16.2 Å². The van der Waals surface area contributed by atoms with Crippen molar-refractivity contribution in [2.24, 2.45) is 0 Å². The van der Waals surface area contributed by atoms with Crippen LogP contribution in [0.1, 0.15) is 61.0 Å². The Labute approximate surface area is 183 Å². The monoisotopic (exact) mass is 426 g/mol. The number of nitrogens with one attached hydrogen (secondary N) is 3. The van der Waals surface area contributed by atoms with Gasteiger partial charge in [-0.3, -0.25) is 20.4 Å². The lowest BCUT2D eigenvalue weighted by Crippen LogP contribution is -2.30. The normalized spacial score (nSPS) is 18.0. The van der Waals surface area contributed by atoms with E-state index in [4.69, 9.17) is 0 Å². The van der Waals surface area contributed by atoms with E-state index in [1.807, 2.05) is 19.2 Å². The van der Waals surface area contributed by atoms with Crippen LogP contribution in [-0.4, -0.2) is 36.3 Å². The number of rotatable bonds is 9. The van der Waals surface area contributed by atoms with E-state index in [1.54, 1.807) is 29.2 Å². The van der Waals surface area contributed by atoms with Gasteiger partial charge in [-0.2, -0.15) is 0 Å². The molecule has 2 amide bonds. The van der Waals surface area contributed by atoms with Crippen LogP contribution in [0.2, 0.25) is 0 Å². The highest BCUT2D eigenvalue weighted by Gasteiger charge is 2.24. The number of amides is 2. The number of hydrogen-bond acceptors (Lipinski definition) is 4. The van der Waals surface area contributed by atoms with Crippen LogP contribution in [0.3, 0.4) is 0 Å². The van der Waals surface area contributed by atoms with E-state index in [0.717, 1.165) is 37.7 Å². The fraction of sp³-hybridized carbons (Fsp3) is 0.417. The molecule has 1 saturated heterocycles. The van der Waals surface area contributed by atoms with E-state index in [0.29, 0.717) is 23.8 Å². The molecule has 1 heterocycles. The first-order valence-electron chi connectivity index (χ1n) is 10.8. The summed E-state index contributed by atoms with van der Waals surface area (Å²) in [6.07, 6.45) is 5.10. The van der Waals surface area contributed by atoms with Crippen LogP contribution in [-0.2, 0) is 4.79 Å². The fourth-order valence-corrected chi connectivity index (χ4v) is 3.90. The van der Waals surface area contributed by atoms with Crippen LogP contribution in [0.25, 0.3) is 0 Å². The van der Waals surface area contributed by atoms with Crippen LogP contribution in [0.5, 0.6) is 0 Å². The number of hydrogen-bond donors (Lipinski definition) is 3. The minimum Gasteiger partial charge on any atom is -0.342 e. The lowest BCUT2D eigenvalue weighted by atomic mass is 9.99. The van der Waals surface area contributed by atoms with Crippen LogP contribution in [0.15, 0.2) is 48.5 Å². The summed E-state index contributed by atoms with van der Waals surface area (Å²) in [5.41, 5.74) is 8.93. The second-order valence-electron chi connectivity index (χ2n) is 8.16. The smallest absolute Gasteiger partial charge is 0.253 e. The van der Waals surface area contributed by atoms with Crippen LogP contribution in [0, 0.1) is 5.82 Å². The predicted molar refractivity (Wildman–Crippen MR) is 120 cm³/mol. The van der Waals surface area contributed by atoms with E-state index >= 15 is 0 Å². The summed E-state index contributed by atoms with van der Waals surface area (Å²) < 4.78 is 13.1. The molecule has 1 fully saturated rings. The first-order valence-corrected chi connectivity index (χ1v) is 10.8. The average Bonchev–Trinajstić information content (AvgIpc) is 3.22. The van der Waals surface area contributed by atoms with Crippen molar-refractivity contribution in [1.29, 1.82) is 0 Å². The van der Waals surface area contributed by atoms with Gasteiger partial charge < -0.3 is 10.2 Å². The molecule has 0 radical (unpaired) electrons. The molecule has 2 aromatic rings. The molecule has 6 nitrogen and oxygen atoms in total. The summed E-state index contributed by atoms with van der Waals surface area (Å²) in [6, 6.07) is 14.3. The molecule has 2 atom stereocenters. The van der Waals surface area contributed by atoms with Crippen molar-refractivity contribution in [3.8, 4) is 0 Å². The Kier molecular flexibility index (Phi) is 8.14. The Bertz CT molecular complexity index is 887. The maximum absolute atomic E-state index is 13.1. The second kappa shape index (κ2) is 11.0. The molecule has 0 aromatic heterocycles. The Morgan fingerprint density at radius 1 is 1.10 bits per heavy atom.